The Morgan fingerprint density at radius 1 is 1.29 bits per heavy atom. The van der Waals surface area contributed by atoms with Crippen molar-refractivity contribution in [3.8, 4) is 5.75 Å². The highest BCUT2D eigenvalue weighted by atomic mass is 32.1. The summed E-state index contributed by atoms with van der Waals surface area (Å²) in [4.78, 5) is 14.1. The number of rotatable bonds is 2. The number of fused-ring (bicyclic) bond motifs is 1. The number of nitrogens with zero attached hydrogens (tertiary/aromatic N) is 1. The molecule has 1 heterocycles. The van der Waals surface area contributed by atoms with Crippen LogP contribution in [-0.4, -0.2) is 36.8 Å². The second-order valence-electron chi connectivity index (χ2n) is 6.62. The lowest BCUT2D eigenvalue weighted by molar-refractivity contribution is -0.127. The van der Waals surface area contributed by atoms with Crippen molar-refractivity contribution in [2.45, 2.75) is 44.8 Å². The number of hydrogen-bond donors (Lipinski definition) is 2. The summed E-state index contributed by atoms with van der Waals surface area (Å²) in [7, 11) is 1.62. The van der Waals surface area contributed by atoms with E-state index in [1.54, 1.807) is 7.05 Å². The van der Waals surface area contributed by atoms with Crippen LogP contribution < -0.4 is 20.3 Å². The van der Waals surface area contributed by atoms with Gasteiger partial charge in [0.1, 0.15) is 5.75 Å². The second-order valence-corrected chi connectivity index (χ2v) is 7.00. The van der Waals surface area contributed by atoms with Crippen LogP contribution in [0.4, 0.5) is 5.69 Å². The van der Waals surface area contributed by atoms with E-state index < -0.39 is 6.10 Å². The first kappa shape index (κ1) is 17.0. The highest BCUT2D eigenvalue weighted by Crippen LogP contribution is 2.33. The number of ether oxygens (including phenoxy) is 1. The van der Waals surface area contributed by atoms with Gasteiger partial charge in [0.2, 0.25) is 0 Å². The summed E-state index contributed by atoms with van der Waals surface area (Å²) in [5.41, 5.74) is 0.915. The van der Waals surface area contributed by atoms with Crippen LogP contribution in [0.15, 0.2) is 24.3 Å². The normalized spacial score (nSPS) is 26.1. The summed E-state index contributed by atoms with van der Waals surface area (Å²) in [6, 6.07) is 8.13. The van der Waals surface area contributed by atoms with Crippen molar-refractivity contribution in [3.05, 3.63) is 24.3 Å². The summed E-state index contributed by atoms with van der Waals surface area (Å²) < 4.78 is 5.84. The number of benzene rings is 1. The molecule has 2 aliphatic rings. The molecule has 3 atom stereocenters. The minimum Gasteiger partial charge on any atom is -0.477 e. The van der Waals surface area contributed by atoms with Crippen molar-refractivity contribution in [1.82, 2.24) is 10.6 Å². The molecule has 3 rings (SSSR count). The Hall–Kier alpha value is -1.82. The van der Waals surface area contributed by atoms with Gasteiger partial charge in [-0.15, -0.1) is 0 Å². The molecule has 130 valence electrons. The number of para-hydroxylation sites is 2. The highest BCUT2D eigenvalue weighted by Gasteiger charge is 2.33. The highest BCUT2D eigenvalue weighted by molar-refractivity contribution is 7.80. The Kier molecular flexibility index (Phi) is 5.23. The van der Waals surface area contributed by atoms with Crippen LogP contribution in [0, 0.1) is 5.92 Å². The Bertz CT molecular complexity index is 622. The van der Waals surface area contributed by atoms with E-state index in [2.05, 4.69) is 17.6 Å². The minimum atomic E-state index is -0.562. The SMILES string of the molecule is CNC(=O)[C@H]1CN(C(=S)N[C@H]2CCCC[C@@H]2C)c2ccccc2O1. The lowest BCUT2D eigenvalue weighted by Crippen LogP contribution is -2.55. The van der Waals surface area contributed by atoms with Gasteiger partial charge < -0.3 is 20.3 Å². The monoisotopic (exact) mass is 347 g/mol. The first-order valence-electron chi connectivity index (χ1n) is 8.65. The number of carbonyl (C=O) groups excluding carboxylic acids is 1. The zero-order valence-electron chi connectivity index (χ0n) is 14.2. The van der Waals surface area contributed by atoms with Crippen LogP contribution in [0.3, 0.4) is 0 Å². The van der Waals surface area contributed by atoms with E-state index in [1.807, 2.05) is 29.2 Å². The minimum absolute atomic E-state index is 0.136. The molecule has 1 aromatic carbocycles. The van der Waals surface area contributed by atoms with Crippen LogP contribution in [0.1, 0.15) is 32.6 Å². The quantitative estimate of drug-likeness (QED) is 0.805. The lowest BCUT2D eigenvalue weighted by Gasteiger charge is -2.38. The number of thiocarbonyl (C=S) groups is 1. The van der Waals surface area contributed by atoms with Crippen molar-refractivity contribution < 1.29 is 9.53 Å². The molecule has 1 aliphatic heterocycles. The fraction of sp³-hybridized carbons (Fsp3) is 0.556. The number of likely N-dealkylation sites (N-methyl/N-ethyl adjacent to an activating group) is 1. The maximum atomic E-state index is 12.1. The predicted molar refractivity (Wildman–Crippen MR) is 99.4 cm³/mol. The summed E-state index contributed by atoms with van der Waals surface area (Å²) in [5.74, 6) is 1.17. The third-order valence-corrected chi connectivity index (χ3v) is 5.32. The second kappa shape index (κ2) is 7.38. The van der Waals surface area contributed by atoms with Gasteiger partial charge in [0, 0.05) is 13.1 Å². The Labute approximate surface area is 148 Å². The maximum Gasteiger partial charge on any atom is 0.262 e. The first-order chi connectivity index (χ1) is 11.6. The summed E-state index contributed by atoms with van der Waals surface area (Å²) in [5, 5.41) is 6.87. The number of hydrogen-bond acceptors (Lipinski definition) is 3. The van der Waals surface area contributed by atoms with Gasteiger partial charge in [-0.25, -0.2) is 0 Å². The smallest absolute Gasteiger partial charge is 0.262 e. The molecule has 24 heavy (non-hydrogen) atoms. The van der Waals surface area contributed by atoms with Gasteiger partial charge >= 0.3 is 0 Å². The number of amides is 1. The van der Waals surface area contributed by atoms with Gasteiger partial charge in [-0.2, -0.15) is 0 Å². The standard InChI is InChI=1S/C18H25N3O2S/c1-12-7-3-4-8-13(12)20-18(24)21-11-16(17(22)19-2)23-15-10-6-5-9-14(15)21/h5-6,9-10,12-13,16H,3-4,7-8,11H2,1-2H3,(H,19,22)(H,20,24)/t12-,13-,16+/m0/s1. The average molecular weight is 347 g/mol. The zero-order valence-corrected chi connectivity index (χ0v) is 15.1. The van der Waals surface area contributed by atoms with Crippen molar-refractivity contribution in [2.75, 3.05) is 18.5 Å². The van der Waals surface area contributed by atoms with E-state index in [9.17, 15) is 4.79 Å². The molecular formula is C18H25N3O2S. The Morgan fingerprint density at radius 2 is 2.04 bits per heavy atom. The molecule has 5 nitrogen and oxygen atoms in total. The largest absolute Gasteiger partial charge is 0.477 e. The molecule has 0 spiro atoms. The van der Waals surface area contributed by atoms with Crippen LogP contribution in [0.5, 0.6) is 5.75 Å². The van der Waals surface area contributed by atoms with E-state index in [0.717, 1.165) is 12.1 Å². The molecule has 1 aliphatic carbocycles. The zero-order chi connectivity index (χ0) is 17.1. The molecule has 1 fully saturated rings. The molecule has 2 N–H and O–H groups in total. The van der Waals surface area contributed by atoms with E-state index >= 15 is 0 Å². The predicted octanol–water partition coefficient (Wildman–Crippen LogP) is 2.45. The van der Waals surface area contributed by atoms with Gasteiger partial charge in [0.25, 0.3) is 5.91 Å². The van der Waals surface area contributed by atoms with Gasteiger partial charge in [-0.1, -0.05) is 31.9 Å². The van der Waals surface area contributed by atoms with Gasteiger partial charge in [-0.3, -0.25) is 4.79 Å². The molecule has 0 saturated heterocycles. The Morgan fingerprint density at radius 3 is 2.79 bits per heavy atom. The molecule has 0 bridgehead atoms. The number of nitrogens with one attached hydrogen (secondary N) is 2. The fourth-order valence-corrected chi connectivity index (χ4v) is 3.82. The molecule has 0 radical (unpaired) electrons. The van der Waals surface area contributed by atoms with Gasteiger partial charge in [0.05, 0.1) is 12.2 Å². The van der Waals surface area contributed by atoms with Crippen molar-refractivity contribution in [3.63, 3.8) is 0 Å². The van der Waals surface area contributed by atoms with Crippen molar-refractivity contribution in [2.24, 2.45) is 5.92 Å². The van der Waals surface area contributed by atoms with E-state index in [-0.39, 0.29) is 5.91 Å². The Balaban J connectivity index is 1.79. The molecule has 1 amide bonds. The summed E-state index contributed by atoms with van der Waals surface area (Å²) >= 11 is 5.69. The van der Waals surface area contributed by atoms with Crippen LogP contribution in [-0.2, 0) is 4.79 Å². The summed E-state index contributed by atoms with van der Waals surface area (Å²) in [6.07, 6.45) is 4.36. The van der Waals surface area contributed by atoms with Crippen LogP contribution in [0.2, 0.25) is 0 Å². The third kappa shape index (κ3) is 3.48. The molecule has 1 saturated carbocycles. The van der Waals surface area contributed by atoms with Gasteiger partial charge in [-0.05, 0) is 43.1 Å². The topological polar surface area (TPSA) is 53.6 Å². The van der Waals surface area contributed by atoms with E-state index in [0.29, 0.717) is 29.4 Å². The fourth-order valence-electron chi connectivity index (χ4n) is 3.49. The summed E-state index contributed by atoms with van der Waals surface area (Å²) in [6.45, 7) is 2.70. The third-order valence-electron chi connectivity index (χ3n) is 4.98. The number of carbonyl (C=O) groups is 1. The van der Waals surface area contributed by atoms with Crippen LogP contribution in [0.25, 0.3) is 0 Å². The first-order valence-corrected chi connectivity index (χ1v) is 9.06. The molecule has 1 aromatic rings. The van der Waals surface area contributed by atoms with Gasteiger partial charge in [0.15, 0.2) is 11.2 Å². The molecule has 0 aromatic heterocycles. The molecule has 6 heteroatoms. The average Bonchev–Trinajstić information content (AvgIpc) is 2.61. The lowest BCUT2D eigenvalue weighted by atomic mass is 9.86. The van der Waals surface area contributed by atoms with Crippen molar-refractivity contribution >= 4 is 28.9 Å². The van der Waals surface area contributed by atoms with Crippen molar-refractivity contribution in [1.29, 1.82) is 0 Å². The number of anilines is 1. The maximum absolute atomic E-state index is 12.1. The molecular weight excluding hydrogens is 322 g/mol. The molecule has 0 unspecified atom stereocenters. The van der Waals surface area contributed by atoms with Crippen LogP contribution >= 0.6 is 12.2 Å². The van der Waals surface area contributed by atoms with E-state index in [1.165, 1.54) is 19.3 Å². The van der Waals surface area contributed by atoms with E-state index in [4.69, 9.17) is 17.0 Å².